The van der Waals surface area contributed by atoms with Crippen molar-refractivity contribution >= 4 is 6.29 Å². The van der Waals surface area contributed by atoms with E-state index < -0.39 is 0 Å². The van der Waals surface area contributed by atoms with Crippen molar-refractivity contribution < 1.29 is 9.21 Å². The van der Waals surface area contributed by atoms with Crippen LogP contribution >= 0.6 is 0 Å². The fourth-order valence-corrected chi connectivity index (χ4v) is 1.07. The number of furan rings is 1. The molecule has 66 valence electrons. The van der Waals surface area contributed by atoms with E-state index in [1.807, 2.05) is 0 Å². The summed E-state index contributed by atoms with van der Waals surface area (Å²) in [6, 6.07) is 1.79. The van der Waals surface area contributed by atoms with E-state index in [0.29, 0.717) is 5.56 Å². The molecule has 2 heteroatoms. The number of aldehydes is 1. The smallest absolute Gasteiger partial charge is 0.153 e. The van der Waals surface area contributed by atoms with Crippen LogP contribution in [0.4, 0.5) is 0 Å². The van der Waals surface area contributed by atoms with E-state index >= 15 is 0 Å². The topological polar surface area (TPSA) is 30.2 Å². The van der Waals surface area contributed by atoms with Crippen LogP contribution in [0.5, 0.6) is 0 Å². The van der Waals surface area contributed by atoms with Gasteiger partial charge in [0, 0.05) is 6.42 Å². The second kappa shape index (κ2) is 3.13. The first-order valence-corrected chi connectivity index (χ1v) is 4.04. The molecular formula is C10H14O2. The molecular weight excluding hydrogens is 152 g/mol. The Morgan fingerprint density at radius 3 is 2.58 bits per heavy atom. The minimum Gasteiger partial charge on any atom is -0.469 e. The van der Waals surface area contributed by atoms with Gasteiger partial charge in [-0.15, -0.1) is 0 Å². The van der Waals surface area contributed by atoms with Crippen LogP contribution in [-0.4, -0.2) is 6.29 Å². The molecule has 2 nitrogen and oxygen atoms in total. The molecule has 0 N–H and O–H groups in total. The van der Waals surface area contributed by atoms with E-state index in [2.05, 4.69) is 20.8 Å². The van der Waals surface area contributed by atoms with Gasteiger partial charge in [0.1, 0.15) is 12.0 Å². The van der Waals surface area contributed by atoms with Crippen LogP contribution in [0.15, 0.2) is 16.7 Å². The van der Waals surface area contributed by atoms with E-state index in [0.717, 1.165) is 18.5 Å². The summed E-state index contributed by atoms with van der Waals surface area (Å²) in [5, 5.41) is 0. The predicted octanol–water partition coefficient (Wildman–Crippen LogP) is 2.68. The monoisotopic (exact) mass is 166 g/mol. The number of hydrogen-bond donors (Lipinski definition) is 0. The van der Waals surface area contributed by atoms with Crippen LogP contribution in [0.2, 0.25) is 0 Å². The molecule has 0 atom stereocenters. The quantitative estimate of drug-likeness (QED) is 0.632. The van der Waals surface area contributed by atoms with Gasteiger partial charge in [0.25, 0.3) is 0 Å². The maximum atomic E-state index is 10.3. The molecule has 0 saturated carbocycles. The first kappa shape index (κ1) is 9.04. The van der Waals surface area contributed by atoms with E-state index in [1.54, 1.807) is 6.07 Å². The molecule has 0 aromatic carbocycles. The summed E-state index contributed by atoms with van der Waals surface area (Å²) in [6.45, 7) is 6.41. The zero-order valence-corrected chi connectivity index (χ0v) is 7.76. The van der Waals surface area contributed by atoms with E-state index in [-0.39, 0.29) is 5.41 Å². The van der Waals surface area contributed by atoms with Gasteiger partial charge in [0.15, 0.2) is 6.29 Å². The number of hydrogen-bond acceptors (Lipinski definition) is 2. The molecule has 0 radical (unpaired) electrons. The third kappa shape index (κ3) is 2.53. The maximum absolute atomic E-state index is 10.3. The standard InChI is InChI=1S/C10H14O2/c1-10(2,3)5-9-4-8(6-11)7-12-9/h4,6-7H,5H2,1-3H3. The summed E-state index contributed by atoms with van der Waals surface area (Å²) >= 11 is 0. The lowest BCUT2D eigenvalue weighted by Crippen LogP contribution is -2.08. The molecule has 0 spiro atoms. The Balaban J connectivity index is 2.70. The average Bonchev–Trinajstić information content (AvgIpc) is 2.32. The van der Waals surface area contributed by atoms with Gasteiger partial charge in [-0.1, -0.05) is 20.8 Å². The van der Waals surface area contributed by atoms with E-state index in [4.69, 9.17) is 4.42 Å². The molecule has 0 saturated heterocycles. The van der Waals surface area contributed by atoms with Gasteiger partial charge < -0.3 is 4.42 Å². The molecule has 1 rings (SSSR count). The van der Waals surface area contributed by atoms with Gasteiger partial charge in [0.05, 0.1) is 5.56 Å². The predicted molar refractivity (Wildman–Crippen MR) is 47.3 cm³/mol. The lowest BCUT2D eigenvalue weighted by atomic mass is 9.91. The summed E-state index contributed by atoms with van der Waals surface area (Å²) in [4.78, 5) is 10.3. The highest BCUT2D eigenvalue weighted by atomic mass is 16.3. The summed E-state index contributed by atoms with van der Waals surface area (Å²) in [5.41, 5.74) is 0.826. The fourth-order valence-electron chi connectivity index (χ4n) is 1.07. The fraction of sp³-hybridized carbons (Fsp3) is 0.500. The van der Waals surface area contributed by atoms with Crippen molar-refractivity contribution in [3.63, 3.8) is 0 Å². The van der Waals surface area contributed by atoms with Crippen molar-refractivity contribution in [2.45, 2.75) is 27.2 Å². The Hall–Kier alpha value is -1.05. The lowest BCUT2D eigenvalue weighted by Gasteiger charge is -2.15. The second-order valence-electron chi connectivity index (χ2n) is 4.20. The van der Waals surface area contributed by atoms with Crippen LogP contribution in [0.3, 0.4) is 0 Å². The number of carbonyl (C=O) groups is 1. The van der Waals surface area contributed by atoms with Crippen LogP contribution in [0, 0.1) is 5.41 Å². The lowest BCUT2D eigenvalue weighted by molar-refractivity contribution is 0.112. The molecule has 0 unspecified atom stereocenters. The molecule has 1 aromatic rings. The molecule has 12 heavy (non-hydrogen) atoms. The highest BCUT2D eigenvalue weighted by Crippen LogP contribution is 2.21. The SMILES string of the molecule is CC(C)(C)Cc1cc(C=O)co1. The van der Waals surface area contributed by atoms with Gasteiger partial charge in [-0.05, 0) is 11.5 Å². The summed E-state index contributed by atoms with van der Waals surface area (Å²) in [7, 11) is 0. The summed E-state index contributed by atoms with van der Waals surface area (Å²) in [5.74, 6) is 0.879. The third-order valence-electron chi connectivity index (χ3n) is 1.51. The van der Waals surface area contributed by atoms with Gasteiger partial charge in [-0.2, -0.15) is 0 Å². The Morgan fingerprint density at radius 1 is 1.50 bits per heavy atom. The molecule has 0 aliphatic heterocycles. The van der Waals surface area contributed by atoms with Crippen molar-refractivity contribution in [3.8, 4) is 0 Å². The summed E-state index contributed by atoms with van der Waals surface area (Å²) in [6.07, 6.45) is 3.16. The molecule has 0 bridgehead atoms. The minimum atomic E-state index is 0.206. The largest absolute Gasteiger partial charge is 0.469 e. The van der Waals surface area contributed by atoms with Crippen LogP contribution < -0.4 is 0 Å². The molecule has 1 aromatic heterocycles. The summed E-state index contributed by atoms with van der Waals surface area (Å²) < 4.78 is 5.20. The molecule has 1 heterocycles. The van der Waals surface area contributed by atoms with E-state index in [9.17, 15) is 4.79 Å². The van der Waals surface area contributed by atoms with Crippen molar-refractivity contribution in [1.82, 2.24) is 0 Å². The van der Waals surface area contributed by atoms with Crippen molar-refractivity contribution in [2.75, 3.05) is 0 Å². The number of carbonyl (C=O) groups excluding carboxylic acids is 1. The van der Waals surface area contributed by atoms with Crippen molar-refractivity contribution in [2.24, 2.45) is 5.41 Å². The highest BCUT2D eigenvalue weighted by Gasteiger charge is 2.13. The number of rotatable bonds is 2. The zero-order valence-electron chi connectivity index (χ0n) is 7.76. The van der Waals surface area contributed by atoms with Crippen molar-refractivity contribution in [1.29, 1.82) is 0 Å². The van der Waals surface area contributed by atoms with Crippen LogP contribution in [-0.2, 0) is 6.42 Å². The van der Waals surface area contributed by atoms with E-state index in [1.165, 1.54) is 6.26 Å². The third-order valence-corrected chi connectivity index (χ3v) is 1.51. The zero-order chi connectivity index (χ0) is 9.19. The van der Waals surface area contributed by atoms with Gasteiger partial charge in [-0.3, -0.25) is 4.79 Å². The van der Waals surface area contributed by atoms with Gasteiger partial charge >= 0.3 is 0 Å². The molecule has 0 amide bonds. The highest BCUT2D eigenvalue weighted by molar-refractivity contribution is 5.74. The Labute approximate surface area is 72.6 Å². The maximum Gasteiger partial charge on any atom is 0.153 e. The first-order chi connectivity index (χ1) is 5.51. The van der Waals surface area contributed by atoms with Crippen molar-refractivity contribution in [3.05, 3.63) is 23.7 Å². The molecule has 0 fully saturated rings. The van der Waals surface area contributed by atoms with Crippen LogP contribution in [0.1, 0.15) is 36.9 Å². The average molecular weight is 166 g/mol. The molecule has 0 aliphatic carbocycles. The Kier molecular flexibility index (Phi) is 2.36. The van der Waals surface area contributed by atoms with Gasteiger partial charge in [0.2, 0.25) is 0 Å². The first-order valence-electron chi connectivity index (χ1n) is 4.04. The van der Waals surface area contributed by atoms with Gasteiger partial charge in [-0.25, -0.2) is 0 Å². The van der Waals surface area contributed by atoms with Crippen LogP contribution in [0.25, 0.3) is 0 Å². The molecule has 0 aliphatic rings. The Bertz CT molecular complexity index is 266. The minimum absolute atomic E-state index is 0.206. The normalized spacial score (nSPS) is 11.6. The Morgan fingerprint density at radius 2 is 2.17 bits per heavy atom. The second-order valence-corrected chi connectivity index (χ2v) is 4.20.